The van der Waals surface area contributed by atoms with E-state index in [1.807, 2.05) is 0 Å². The van der Waals surface area contributed by atoms with Crippen LogP contribution in [0.1, 0.15) is 54.5 Å². The molecule has 0 spiro atoms. The Bertz CT molecular complexity index is 410. The molecule has 0 N–H and O–H groups in total. The van der Waals surface area contributed by atoms with Gasteiger partial charge in [0.2, 0.25) is 0 Å². The second kappa shape index (κ2) is 3.40. The normalized spacial score (nSPS) is 15.5. The van der Waals surface area contributed by atoms with Gasteiger partial charge < -0.3 is 0 Å². The number of fused-ring (bicyclic) bond motifs is 1. The standard InChI is InChI=1S/C10H12F2N2O/c1-5(2)9-8-6(3-4-7(8)15)13-14(9)10(11)12/h5,10H,3-4H2,1-2H3. The fraction of sp³-hybridized carbons (Fsp3) is 0.600. The van der Waals surface area contributed by atoms with Crippen LogP contribution in [0.4, 0.5) is 8.78 Å². The average Bonchev–Trinajstić information content (AvgIpc) is 2.65. The zero-order valence-electron chi connectivity index (χ0n) is 8.63. The van der Waals surface area contributed by atoms with E-state index in [9.17, 15) is 13.6 Å². The van der Waals surface area contributed by atoms with E-state index in [4.69, 9.17) is 0 Å². The Morgan fingerprint density at radius 3 is 2.53 bits per heavy atom. The largest absolute Gasteiger partial charge is 0.333 e. The van der Waals surface area contributed by atoms with Crippen LogP contribution in [0.2, 0.25) is 0 Å². The summed E-state index contributed by atoms with van der Waals surface area (Å²) >= 11 is 0. The van der Waals surface area contributed by atoms with E-state index in [-0.39, 0.29) is 11.7 Å². The minimum absolute atomic E-state index is 0.0550. The van der Waals surface area contributed by atoms with Crippen molar-refractivity contribution >= 4 is 5.78 Å². The van der Waals surface area contributed by atoms with Crippen LogP contribution in [0.15, 0.2) is 0 Å². The molecule has 0 saturated carbocycles. The van der Waals surface area contributed by atoms with E-state index in [1.165, 1.54) is 0 Å². The molecule has 2 rings (SSSR count). The van der Waals surface area contributed by atoms with Gasteiger partial charge in [-0.1, -0.05) is 13.8 Å². The third-order valence-electron chi connectivity index (χ3n) is 2.62. The highest BCUT2D eigenvalue weighted by molar-refractivity contribution is 6.01. The van der Waals surface area contributed by atoms with Gasteiger partial charge in [-0.05, 0) is 12.3 Å². The second-order valence-electron chi connectivity index (χ2n) is 4.01. The number of aryl methyl sites for hydroxylation is 1. The maximum Gasteiger partial charge on any atom is 0.333 e. The van der Waals surface area contributed by atoms with Crippen molar-refractivity contribution in [3.05, 3.63) is 17.0 Å². The van der Waals surface area contributed by atoms with Crippen molar-refractivity contribution in [1.29, 1.82) is 0 Å². The van der Waals surface area contributed by atoms with Gasteiger partial charge in [0.05, 0.1) is 17.0 Å². The summed E-state index contributed by atoms with van der Waals surface area (Å²) in [7, 11) is 0. The number of Topliss-reactive ketones (excluding diaryl/α,β-unsaturated/α-hetero) is 1. The lowest BCUT2D eigenvalue weighted by molar-refractivity contribution is 0.0520. The number of alkyl halides is 2. The molecule has 3 nitrogen and oxygen atoms in total. The molecule has 1 aromatic rings. The quantitative estimate of drug-likeness (QED) is 0.758. The van der Waals surface area contributed by atoms with Gasteiger partial charge in [0.1, 0.15) is 0 Å². The minimum atomic E-state index is -2.67. The van der Waals surface area contributed by atoms with E-state index in [0.717, 1.165) is 0 Å². The molecular formula is C10H12F2N2O. The van der Waals surface area contributed by atoms with Gasteiger partial charge in [0, 0.05) is 6.42 Å². The number of aromatic nitrogens is 2. The summed E-state index contributed by atoms with van der Waals surface area (Å²) in [5.41, 5.74) is 1.34. The smallest absolute Gasteiger partial charge is 0.294 e. The lowest BCUT2D eigenvalue weighted by atomic mass is 10.0. The molecule has 0 aliphatic heterocycles. The number of carbonyl (C=O) groups excluding carboxylic acids is 1. The fourth-order valence-corrected chi connectivity index (χ4v) is 2.03. The number of hydrogen-bond acceptors (Lipinski definition) is 2. The summed E-state index contributed by atoms with van der Waals surface area (Å²) in [5, 5.41) is 3.81. The third kappa shape index (κ3) is 1.46. The number of hydrogen-bond donors (Lipinski definition) is 0. The van der Waals surface area contributed by atoms with Gasteiger partial charge in [0.25, 0.3) is 0 Å². The summed E-state index contributed by atoms with van der Waals surface area (Å²) in [6.07, 6.45) is 0.898. The first-order chi connectivity index (χ1) is 7.02. The van der Waals surface area contributed by atoms with Gasteiger partial charge in [-0.3, -0.25) is 4.79 Å². The van der Waals surface area contributed by atoms with Gasteiger partial charge >= 0.3 is 6.55 Å². The molecule has 0 amide bonds. The molecule has 0 bridgehead atoms. The second-order valence-corrected chi connectivity index (χ2v) is 4.01. The number of carbonyl (C=O) groups is 1. The summed E-state index contributed by atoms with van der Waals surface area (Å²) in [6.45, 7) is 0.921. The van der Waals surface area contributed by atoms with Crippen LogP contribution in [0.5, 0.6) is 0 Å². The molecule has 15 heavy (non-hydrogen) atoms. The highest BCUT2D eigenvalue weighted by Crippen LogP contribution is 2.32. The van der Waals surface area contributed by atoms with Crippen molar-refractivity contribution in [3.8, 4) is 0 Å². The first-order valence-electron chi connectivity index (χ1n) is 4.95. The Morgan fingerprint density at radius 2 is 2.00 bits per heavy atom. The summed E-state index contributed by atoms with van der Waals surface area (Å²) in [4.78, 5) is 11.5. The maximum atomic E-state index is 12.7. The third-order valence-corrected chi connectivity index (χ3v) is 2.62. The summed E-state index contributed by atoms with van der Waals surface area (Å²) < 4.78 is 26.0. The SMILES string of the molecule is CC(C)c1c2c(nn1C(F)F)CCC2=O. The molecule has 0 unspecified atom stereocenters. The molecule has 5 heteroatoms. The molecule has 1 aromatic heterocycles. The molecule has 1 heterocycles. The van der Waals surface area contributed by atoms with E-state index in [0.29, 0.717) is 34.5 Å². The van der Waals surface area contributed by atoms with Gasteiger partial charge in [-0.25, -0.2) is 4.68 Å². The molecule has 0 atom stereocenters. The van der Waals surface area contributed by atoms with Crippen molar-refractivity contribution in [1.82, 2.24) is 9.78 Å². The molecule has 82 valence electrons. The monoisotopic (exact) mass is 214 g/mol. The zero-order valence-corrected chi connectivity index (χ0v) is 8.63. The van der Waals surface area contributed by atoms with Crippen LogP contribution >= 0.6 is 0 Å². The molecule has 1 aliphatic rings. The molecular weight excluding hydrogens is 202 g/mol. The fourth-order valence-electron chi connectivity index (χ4n) is 2.03. The van der Waals surface area contributed by atoms with E-state index in [1.54, 1.807) is 13.8 Å². The van der Waals surface area contributed by atoms with Crippen LogP contribution in [0.3, 0.4) is 0 Å². The van der Waals surface area contributed by atoms with Gasteiger partial charge in [-0.15, -0.1) is 0 Å². The van der Waals surface area contributed by atoms with Crippen LogP contribution < -0.4 is 0 Å². The Hall–Kier alpha value is -1.26. The Morgan fingerprint density at radius 1 is 1.33 bits per heavy atom. The topological polar surface area (TPSA) is 34.9 Å². The number of rotatable bonds is 2. The van der Waals surface area contributed by atoms with E-state index < -0.39 is 6.55 Å². The van der Waals surface area contributed by atoms with Crippen molar-refractivity contribution < 1.29 is 13.6 Å². The van der Waals surface area contributed by atoms with Crippen LogP contribution in [-0.4, -0.2) is 15.6 Å². The molecule has 0 aromatic carbocycles. The summed E-state index contributed by atoms with van der Waals surface area (Å²) in [6, 6.07) is 0. The average molecular weight is 214 g/mol. The maximum absolute atomic E-state index is 12.7. The van der Waals surface area contributed by atoms with Crippen molar-refractivity contribution in [2.75, 3.05) is 0 Å². The van der Waals surface area contributed by atoms with Gasteiger partial charge in [0.15, 0.2) is 5.78 Å². The van der Waals surface area contributed by atoms with Gasteiger partial charge in [-0.2, -0.15) is 13.9 Å². The minimum Gasteiger partial charge on any atom is -0.294 e. The van der Waals surface area contributed by atoms with Crippen LogP contribution in [0, 0.1) is 0 Å². The van der Waals surface area contributed by atoms with Crippen molar-refractivity contribution in [2.45, 2.75) is 39.2 Å². The zero-order chi connectivity index (χ0) is 11.2. The predicted molar refractivity (Wildman–Crippen MR) is 50.2 cm³/mol. The van der Waals surface area contributed by atoms with Crippen molar-refractivity contribution in [2.24, 2.45) is 0 Å². The highest BCUT2D eigenvalue weighted by atomic mass is 19.3. The van der Waals surface area contributed by atoms with E-state index in [2.05, 4.69) is 5.10 Å². The number of nitrogens with zero attached hydrogens (tertiary/aromatic N) is 2. The Kier molecular flexibility index (Phi) is 2.32. The van der Waals surface area contributed by atoms with Crippen molar-refractivity contribution in [3.63, 3.8) is 0 Å². The van der Waals surface area contributed by atoms with Crippen LogP contribution in [0.25, 0.3) is 0 Å². The Balaban J connectivity index is 2.61. The highest BCUT2D eigenvalue weighted by Gasteiger charge is 2.32. The first kappa shape index (κ1) is 10.3. The lowest BCUT2D eigenvalue weighted by Crippen LogP contribution is -2.10. The number of ketones is 1. The first-order valence-corrected chi connectivity index (χ1v) is 4.95. The lowest BCUT2D eigenvalue weighted by Gasteiger charge is -2.10. The molecule has 0 radical (unpaired) electrons. The van der Waals surface area contributed by atoms with Crippen LogP contribution in [-0.2, 0) is 6.42 Å². The Labute approximate surface area is 86.1 Å². The predicted octanol–water partition coefficient (Wildman–Crippen LogP) is 2.53. The number of halogens is 2. The van der Waals surface area contributed by atoms with E-state index >= 15 is 0 Å². The molecule has 0 saturated heterocycles. The summed E-state index contributed by atoms with van der Waals surface area (Å²) in [5.74, 6) is -0.169. The molecule has 0 fully saturated rings. The molecule has 1 aliphatic carbocycles.